The number of hydrogen-bond acceptors (Lipinski definition) is 4. The second kappa shape index (κ2) is 6.12. The van der Waals surface area contributed by atoms with E-state index in [-0.39, 0.29) is 10.5 Å². The summed E-state index contributed by atoms with van der Waals surface area (Å²) >= 11 is 1.03. The number of thiazole rings is 1. The van der Waals surface area contributed by atoms with Crippen LogP contribution in [0.3, 0.4) is 0 Å². The number of aromatic nitrogens is 1. The fourth-order valence-corrected chi connectivity index (χ4v) is 2.93. The zero-order valence-electron chi connectivity index (χ0n) is 12.3. The van der Waals surface area contributed by atoms with Crippen molar-refractivity contribution in [3.8, 4) is 5.75 Å². The summed E-state index contributed by atoms with van der Waals surface area (Å²) in [4.78, 5) is 16.2. The van der Waals surface area contributed by atoms with Crippen LogP contribution in [0, 0.1) is 0 Å². The first-order chi connectivity index (χ1) is 11.4. The summed E-state index contributed by atoms with van der Waals surface area (Å²) in [5.74, 6) is 0.0879. The van der Waals surface area contributed by atoms with Gasteiger partial charge in [-0.1, -0.05) is 6.07 Å². The van der Waals surface area contributed by atoms with Crippen LogP contribution in [0.1, 0.15) is 15.4 Å². The Balaban J connectivity index is 1.87. The third-order valence-electron chi connectivity index (χ3n) is 3.24. The van der Waals surface area contributed by atoms with Crippen molar-refractivity contribution in [3.63, 3.8) is 0 Å². The second-order valence-electron chi connectivity index (χ2n) is 4.89. The quantitative estimate of drug-likeness (QED) is 0.751. The van der Waals surface area contributed by atoms with Crippen LogP contribution >= 0.6 is 11.3 Å². The third kappa shape index (κ3) is 3.33. The number of anilines is 1. The van der Waals surface area contributed by atoms with Crippen molar-refractivity contribution in [1.29, 1.82) is 0 Å². The van der Waals surface area contributed by atoms with Gasteiger partial charge in [0.1, 0.15) is 5.75 Å². The molecule has 1 aromatic heterocycles. The van der Waals surface area contributed by atoms with Gasteiger partial charge in [-0.15, -0.1) is 11.3 Å². The van der Waals surface area contributed by atoms with Gasteiger partial charge in [-0.25, -0.2) is 4.98 Å². The van der Waals surface area contributed by atoms with Crippen molar-refractivity contribution in [1.82, 2.24) is 4.98 Å². The number of rotatable bonds is 3. The zero-order chi connectivity index (χ0) is 17.3. The zero-order valence-corrected chi connectivity index (χ0v) is 13.2. The van der Waals surface area contributed by atoms with E-state index in [0.29, 0.717) is 16.1 Å². The molecular formula is C16H11F3N2O2S. The van der Waals surface area contributed by atoms with Gasteiger partial charge >= 0.3 is 6.18 Å². The number of hydrogen-bond donors (Lipinski definition) is 1. The summed E-state index contributed by atoms with van der Waals surface area (Å²) in [7, 11) is 1.51. The lowest BCUT2D eigenvalue weighted by Crippen LogP contribution is -2.11. The maximum Gasteiger partial charge on any atom is 0.416 e. The highest BCUT2D eigenvalue weighted by Crippen LogP contribution is 2.33. The first kappa shape index (κ1) is 16.3. The summed E-state index contributed by atoms with van der Waals surface area (Å²) in [6.45, 7) is 0. The Hall–Kier alpha value is -2.61. The summed E-state index contributed by atoms with van der Waals surface area (Å²) < 4.78 is 43.8. The Labute approximate surface area is 138 Å². The molecule has 3 rings (SSSR count). The molecular weight excluding hydrogens is 341 g/mol. The number of nitrogens with one attached hydrogen (secondary N) is 1. The molecule has 0 atom stereocenters. The smallest absolute Gasteiger partial charge is 0.416 e. The SMILES string of the molecule is COc1cccc(NC(=O)c2nc3cc(C(F)(F)F)ccc3s2)c1. The van der Waals surface area contributed by atoms with Crippen LogP contribution in [0.15, 0.2) is 42.5 Å². The summed E-state index contributed by atoms with van der Waals surface area (Å²) in [5, 5.41) is 2.74. The molecule has 0 saturated heterocycles. The van der Waals surface area contributed by atoms with Crippen LogP contribution in [-0.2, 0) is 6.18 Å². The molecule has 1 amide bonds. The maximum atomic E-state index is 12.7. The van der Waals surface area contributed by atoms with Crippen molar-refractivity contribution in [3.05, 3.63) is 53.0 Å². The molecule has 0 unspecified atom stereocenters. The van der Waals surface area contributed by atoms with Crippen LogP contribution in [0.4, 0.5) is 18.9 Å². The fraction of sp³-hybridized carbons (Fsp3) is 0.125. The number of carbonyl (C=O) groups is 1. The van der Waals surface area contributed by atoms with Crippen LogP contribution in [-0.4, -0.2) is 18.0 Å². The molecule has 0 spiro atoms. The predicted molar refractivity (Wildman–Crippen MR) is 85.6 cm³/mol. The molecule has 0 bridgehead atoms. The van der Waals surface area contributed by atoms with Crippen LogP contribution < -0.4 is 10.1 Å². The van der Waals surface area contributed by atoms with E-state index in [1.807, 2.05) is 0 Å². The van der Waals surface area contributed by atoms with E-state index in [0.717, 1.165) is 23.5 Å². The molecule has 0 aliphatic carbocycles. The van der Waals surface area contributed by atoms with Gasteiger partial charge in [0.15, 0.2) is 5.01 Å². The van der Waals surface area contributed by atoms with Crippen molar-refractivity contribution in [2.45, 2.75) is 6.18 Å². The van der Waals surface area contributed by atoms with E-state index in [9.17, 15) is 18.0 Å². The van der Waals surface area contributed by atoms with Gasteiger partial charge in [-0.05, 0) is 30.3 Å². The van der Waals surface area contributed by atoms with E-state index < -0.39 is 17.6 Å². The maximum absolute atomic E-state index is 12.7. The molecule has 2 aromatic carbocycles. The van der Waals surface area contributed by atoms with E-state index >= 15 is 0 Å². The molecule has 0 fully saturated rings. The minimum atomic E-state index is -4.44. The fourth-order valence-electron chi connectivity index (χ4n) is 2.09. The Kier molecular flexibility index (Phi) is 4.15. The lowest BCUT2D eigenvalue weighted by atomic mass is 10.2. The summed E-state index contributed by atoms with van der Waals surface area (Å²) in [6, 6.07) is 9.98. The van der Waals surface area contributed by atoms with E-state index in [1.165, 1.54) is 13.2 Å². The molecule has 0 radical (unpaired) electrons. The molecule has 1 N–H and O–H groups in total. The number of methoxy groups -OCH3 is 1. The Morgan fingerprint density at radius 3 is 2.71 bits per heavy atom. The second-order valence-corrected chi connectivity index (χ2v) is 5.92. The molecule has 3 aromatic rings. The number of nitrogens with zero attached hydrogens (tertiary/aromatic N) is 1. The first-order valence-corrected chi connectivity index (χ1v) is 7.61. The molecule has 1 heterocycles. The van der Waals surface area contributed by atoms with Crippen LogP contribution in [0.2, 0.25) is 0 Å². The highest BCUT2D eigenvalue weighted by molar-refractivity contribution is 7.20. The van der Waals surface area contributed by atoms with E-state index in [2.05, 4.69) is 10.3 Å². The standard InChI is InChI=1S/C16H11F3N2O2S/c1-23-11-4-2-3-10(8-11)20-14(22)15-21-12-7-9(16(17,18)19)5-6-13(12)24-15/h2-8H,1H3,(H,20,22). The molecule has 124 valence electrons. The van der Waals surface area contributed by atoms with Gasteiger partial charge in [0.2, 0.25) is 0 Å². The number of fused-ring (bicyclic) bond motifs is 1. The van der Waals surface area contributed by atoms with Crippen LogP contribution in [0.25, 0.3) is 10.2 Å². The van der Waals surface area contributed by atoms with Gasteiger partial charge in [0.25, 0.3) is 5.91 Å². The summed E-state index contributed by atoms with van der Waals surface area (Å²) in [6.07, 6.45) is -4.44. The van der Waals surface area contributed by atoms with Gasteiger partial charge in [-0.3, -0.25) is 4.79 Å². The van der Waals surface area contributed by atoms with Gasteiger partial charge in [0, 0.05) is 11.8 Å². The average Bonchev–Trinajstić information content (AvgIpc) is 2.97. The van der Waals surface area contributed by atoms with Crippen molar-refractivity contribution < 1.29 is 22.7 Å². The number of benzene rings is 2. The number of ether oxygens (including phenoxy) is 1. The highest BCUT2D eigenvalue weighted by Gasteiger charge is 2.31. The molecule has 0 aliphatic rings. The third-order valence-corrected chi connectivity index (χ3v) is 4.27. The Morgan fingerprint density at radius 2 is 2.00 bits per heavy atom. The number of halogens is 3. The number of amides is 1. The van der Waals surface area contributed by atoms with Crippen molar-refractivity contribution in [2.75, 3.05) is 12.4 Å². The monoisotopic (exact) mass is 352 g/mol. The average molecular weight is 352 g/mol. The lowest BCUT2D eigenvalue weighted by Gasteiger charge is -2.05. The predicted octanol–water partition coefficient (Wildman–Crippen LogP) is 4.58. The topological polar surface area (TPSA) is 51.2 Å². The first-order valence-electron chi connectivity index (χ1n) is 6.80. The van der Waals surface area contributed by atoms with Crippen molar-refractivity contribution in [2.24, 2.45) is 0 Å². The molecule has 8 heteroatoms. The molecule has 0 aliphatic heterocycles. The highest BCUT2D eigenvalue weighted by atomic mass is 32.1. The molecule has 24 heavy (non-hydrogen) atoms. The number of alkyl halides is 3. The lowest BCUT2D eigenvalue weighted by molar-refractivity contribution is -0.137. The number of carbonyl (C=O) groups excluding carboxylic acids is 1. The Morgan fingerprint density at radius 1 is 1.21 bits per heavy atom. The Bertz CT molecular complexity index is 906. The van der Waals surface area contributed by atoms with Crippen LogP contribution in [0.5, 0.6) is 5.75 Å². The minimum Gasteiger partial charge on any atom is -0.497 e. The minimum absolute atomic E-state index is 0.0899. The summed E-state index contributed by atoms with van der Waals surface area (Å²) in [5.41, 5.74) is -0.139. The van der Waals surface area contributed by atoms with Gasteiger partial charge in [-0.2, -0.15) is 13.2 Å². The van der Waals surface area contributed by atoms with Gasteiger partial charge in [0.05, 0.1) is 22.9 Å². The van der Waals surface area contributed by atoms with E-state index in [1.54, 1.807) is 24.3 Å². The molecule has 4 nitrogen and oxygen atoms in total. The van der Waals surface area contributed by atoms with Crippen molar-refractivity contribution >= 4 is 33.1 Å². The van der Waals surface area contributed by atoms with Gasteiger partial charge < -0.3 is 10.1 Å². The normalized spacial score (nSPS) is 11.5. The molecule has 0 saturated carbocycles. The van der Waals surface area contributed by atoms with E-state index in [4.69, 9.17) is 4.74 Å². The largest absolute Gasteiger partial charge is 0.497 e.